The van der Waals surface area contributed by atoms with Gasteiger partial charge in [-0.25, -0.2) is 0 Å². The number of benzene rings is 1. The summed E-state index contributed by atoms with van der Waals surface area (Å²) in [6.45, 7) is 0. The van der Waals surface area contributed by atoms with Gasteiger partial charge in [-0.2, -0.15) is 0 Å². The smallest absolute Gasteiger partial charge is 0.0392 e. The van der Waals surface area contributed by atoms with Crippen molar-refractivity contribution in [3.63, 3.8) is 0 Å². The Balaban J connectivity index is 1.89. The summed E-state index contributed by atoms with van der Waals surface area (Å²) in [4.78, 5) is 1.35. The zero-order valence-corrected chi connectivity index (χ0v) is 9.46. The molecule has 1 heterocycles. The van der Waals surface area contributed by atoms with E-state index in [4.69, 9.17) is 5.73 Å². The minimum absolute atomic E-state index is 0.259. The molecule has 2 N–H and O–H groups in total. The van der Waals surface area contributed by atoms with Crippen LogP contribution in [0.25, 0.3) is 10.1 Å². The summed E-state index contributed by atoms with van der Waals surface area (Å²) in [5, 5.41) is 1.34. The average molecular weight is 217 g/mol. The molecule has 0 radical (unpaired) electrons. The van der Waals surface area contributed by atoms with Crippen molar-refractivity contribution in [2.45, 2.75) is 25.3 Å². The van der Waals surface area contributed by atoms with Crippen molar-refractivity contribution in [2.24, 2.45) is 11.7 Å². The van der Waals surface area contributed by atoms with E-state index in [1.54, 1.807) is 0 Å². The summed E-state index contributed by atoms with van der Waals surface area (Å²) in [6, 6.07) is 11.0. The molecule has 1 aliphatic rings. The third-order valence-electron chi connectivity index (χ3n) is 3.09. The first-order chi connectivity index (χ1) is 7.33. The molecule has 0 saturated heterocycles. The maximum atomic E-state index is 6.21. The molecular weight excluding hydrogens is 202 g/mol. The lowest BCUT2D eigenvalue weighted by molar-refractivity contribution is 0.605. The molecule has 1 unspecified atom stereocenters. The summed E-state index contributed by atoms with van der Waals surface area (Å²) in [5.74, 6) is 0.908. The zero-order chi connectivity index (χ0) is 10.3. The molecule has 1 fully saturated rings. The Bertz CT molecular complexity index is 437. The van der Waals surface area contributed by atoms with Crippen molar-refractivity contribution >= 4 is 21.4 Å². The van der Waals surface area contributed by atoms with E-state index in [2.05, 4.69) is 30.3 Å². The second kappa shape index (κ2) is 3.62. The van der Waals surface area contributed by atoms with Crippen LogP contribution in [-0.4, -0.2) is 0 Å². The second-order valence-corrected chi connectivity index (χ2v) is 5.59. The molecule has 1 saturated carbocycles. The van der Waals surface area contributed by atoms with Gasteiger partial charge in [0.05, 0.1) is 0 Å². The number of thiophene rings is 1. The average Bonchev–Trinajstić information content (AvgIpc) is 2.95. The third-order valence-corrected chi connectivity index (χ3v) is 4.34. The molecule has 0 aliphatic heterocycles. The third kappa shape index (κ3) is 1.92. The van der Waals surface area contributed by atoms with Gasteiger partial charge in [0.1, 0.15) is 0 Å². The summed E-state index contributed by atoms with van der Waals surface area (Å²) < 4.78 is 1.36. The lowest BCUT2D eigenvalue weighted by atomic mass is 10.1. The molecule has 2 aromatic rings. The highest BCUT2D eigenvalue weighted by atomic mass is 32.1. The quantitative estimate of drug-likeness (QED) is 0.833. The SMILES string of the molecule is NC(CC1CC1)c1cc2ccccc2s1. The van der Waals surface area contributed by atoms with Crippen LogP contribution in [0.3, 0.4) is 0 Å². The highest BCUT2D eigenvalue weighted by molar-refractivity contribution is 7.19. The summed E-state index contributed by atoms with van der Waals surface area (Å²) in [5.41, 5.74) is 6.21. The number of rotatable bonds is 3. The highest BCUT2D eigenvalue weighted by Gasteiger charge is 2.25. The Morgan fingerprint density at radius 2 is 2.13 bits per heavy atom. The highest BCUT2D eigenvalue weighted by Crippen LogP contribution is 2.39. The normalized spacial score (nSPS) is 18.2. The van der Waals surface area contributed by atoms with Gasteiger partial charge in [-0.05, 0) is 29.9 Å². The van der Waals surface area contributed by atoms with E-state index in [1.807, 2.05) is 11.3 Å². The molecule has 0 amide bonds. The van der Waals surface area contributed by atoms with Crippen LogP contribution < -0.4 is 5.73 Å². The van der Waals surface area contributed by atoms with Gasteiger partial charge in [-0.1, -0.05) is 31.0 Å². The maximum Gasteiger partial charge on any atom is 0.0392 e. The van der Waals surface area contributed by atoms with Crippen molar-refractivity contribution in [1.29, 1.82) is 0 Å². The van der Waals surface area contributed by atoms with Crippen LogP contribution in [0.15, 0.2) is 30.3 Å². The van der Waals surface area contributed by atoms with Gasteiger partial charge >= 0.3 is 0 Å². The topological polar surface area (TPSA) is 26.0 Å². The first-order valence-electron chi connectivity index (χ1n) is 5.57. The van der Waals surface area contributed by atoms with E-state index in [1.165, 1.54) is 34.2 Å². The molecule has 15 heavy (non-hydrogen) atoms. The van der Waals surface area contributed by atoms with E-state index in [-0.39, 0.29) is 6.04 Å². The van der Waals surface area contributed by atoms with Crippen molar-refractivity contribution in [3.05, 3.63) is 35.2 Å². The number of hydrogen-bond acceptors (Lipinski definition) is 2. The Hall–Kier alpha value is -0.860. The molecule has 1 aromatic heterocycles. The zero-order valence-electron chi connectivity index (χ0n) is 8.65. The predicted molar refractivity (Wildman–Crippen MR) is 66.1 cm³/mol. The van der Waals surface area contributed by atoms with Gasteiger partial charge in [0.25, 0.3) is 0 Å². The minimum Gasteiger partial charge on any atom is -0.323 e. The van der Waals surface area contributed by atoms with E-state index < -0.39 is 0 Å². The Morgan fingerprint density at radius 3 is 2.87 bits per heavy atom. The molecule has 2 heteroatoms. The van der Waals surface area contributed by atoms with E-state index in [0.29, 0.717) is 0 Å². The Morgan fingerprint density at radius 1 is 1.33 bits per heavy atom. The van der Waals surface area contributed by atoms with Crippen molar-refractivity contribution in [2.75, 3.05) is 0 Å². The molecule has 3 rings (SSSR count). The maximum absolute atomic E-state index is 6.21. The van der Waals surface area contributed by atoms with Crippen molar-refractivity contribution < 1.29 is 0 Å². The summed E-state index contributed by atoms with van der Waals surface area (Å²) in [6.07, 6.45) is 3.95. The molecule has 0 spiro atoms. The fourth-order valence-electron chi connectivity index (χ4n) is 2.01. The van der Waals surface area contributed by atoms with Crippen LogP contribution >= 0.6 is 11.3 Å². The van der Waals surface area contributed by atoms with E-state index in [9.17, 15) is 0 Å². The first kappa shape index (κ1) is 9.37. The van der Waals surface area contributed by atoms with Crippen LogP contribution in [0.5, 0.6) is 0 Å². The standard InChI is InChI=1S/C13H15NS/c14-11(7-9-5-6-9)13-8-10-3-1-2-4-12(10)15-13/h1-4,8-9,11H,5-7,14H2. The number of hydrogen-bond donors (Lipinski definition) is 1. The Labute approximate surface area is 93.9 Å². The van der Waals surface area contributed by atoms with Crippen LogP contribution in [0.2, 0.25) is 0 Å². The lowest BCUT2D eigenvalue weighted by Gasteiger charge is -2.06. The van der Waals surface area contributed by atoms with Gasteiger partial charge in [0.2, 0.25) is 0 Å². The lowest BCUT2D eigenvalue weighted by Crippen LogP contribution is -2.08. The van der Waals surface area contributed by atoms with Crippen LogP contribution in [-0.2, 0) is 0 Å². The monoisotopic (exact) mass is 217 g/mol. The van der Waals surface area contributed by atoms with Crippen molar-refractivity contribution in [1.82, 2.24) is 0 Å². The summed E-state index contributed by atoms with van der Waals surface area (Å²) >= 11 is 1.85. The molecule has 1 nitrogen and oxygen atoms in total. The molecule has 1 atom stereocenters. The van der Waals surface area contributed by atoms with Crippen LogP contribution in [0.1, 0.15) is 30.2 Å². The summed E-state index contributed by atoms with van der Waals surface area (Å²) in [7, 11) is 0. The van der Waals surface area contributed by atoms with Gasteiger partial charge in [-0.3, -0.25) is 0 Å². The number of fused-ring (bicyclic) bond motifs is 1. The second-order valence-electron chi connectivity index (χ2n) is 4.47. The van der Waals surface area contributed by atoms with E-state index >= 15 is 0 Å². The minimum atomic E-state index is 0.259. The predicted octanol–water partition coefficient (Wildman–Crippen LogP) is 3.70. The van der Waals surface area contributed by atoms with Gasteiger partial charge < -0.3 is 5.73 Å². The fraction of sp³-hybridized carbons (Fsp3) is 0.385. The van der Waals surface area contributed by atoms with Gasteiger partial charge in [-0.15, -0.1) is 11.3 Å². The molecule has 78 valence electrons. The Kier molecular flexibility index (Phi) is 2.26. The van der Waals surface area contributed by atoms with Crippen LogP contribution in [0.4, 0.5) is 0 Å². The first-order valence-corrected chi connectivity index (χ1v) is 6.38. The number of nitrogens with two attached hydrogens (primary N) is 1. The molecule has 0 bridgehead atoms. The van der Waals surface area contributed by atoms with Gasteiger partial charge in [0.15, 0.2) is 0 Å². The van der Waals surface area contributed by atoms with Crippen LogP contribution in [0, 0.1) is 5.92 Å². The fourth-order valence-corrected chi connectivity index (χ4v) is 3.09. The van der Waals surface area contributed by atoms with Gasteiger partial charge in [0, 0.05) is 15.6 Å². The molecular formula is C13H15NS. The van der Waals surface area contributed by atoms with Crippen molar-refractivity contribution in [3.8, 4) is 0 Å². The molecule has 1 aliphatic carbocycles. The largest absolute Gasteiger partial charge is 0.323 e. The molecule has 1 aromatic carbocycles. The van der Waals surface area contributed by atoms with E-state index in [0.717, 1.165) is 5.92 Å².